The van der Waals surface area contributed by atoms with Crippen molar-refractivity contribution in [3.8, 4) is 0 Å². The summed E-state index contributed by atoms with van der Waals surface area (Å²) in [5.41, 5.74) is 1.69. The maximum atomic E-state index is 3.80. The molecule has 1 aromatic carbocycles. The smallest absolute Gasteiger partial charge is 0.00965 e. The Labute approximate surface area is 136 Å². The Morgan fingerprint density at radius 3 is 2.59 bits per heavy atom. The molecule has 2 nitrogen and oxygen atoms in total. The number of rotatable bonds is 7. The Morgan fingerprint density at radius 2 is 1.91 bits per heavy atom. The van der Waals surface area contributed by atoms with E-state index in [1.54, 1.807) is 0 Å². The molecule has 0 aromatic heterocycles. The minimum absolute atomic E-state index is 0.239. The molecule has 3 rings (SSSR count). The summed E-state index contributed by atoms with van der Waals surface area (Å²) in [7, 11) is 0. The molecule has 1 N–H and O–H groups in total. The number of nitrogens with one attached hydrogen (secondary N) is 1. The monoisotopic (exact) mass is 300 g/mol. The summed E-state index contributed by atoms with van der Waals surface area (Å²) >= 11 is 0. The first kappa shape index (κ1) is 16.0. The Morgan fingerprint density at radius 1 is 1.18 bits per heavy atom. The first-order chi connectivity index (χ1) is 10.5. The van der Waals surface area contributed by atoms with Crippen molar-refractivity contribution in [2.75, 3.05) is 19.6 Å². The van der Waals surface area contributed by atoms with Crippen molar-refractivity contribution in [1.82, 2.24) is 10.2 Å². The zero-order valence-corrected chi connectivity index (χ0v) is 14.5. The molecule has 1 heterocycles. The summed E-state index contributed by atoms with van der Waals surface area (Å²) in [5.74, 6) is 0.864. The third kappa shape index (κ3) is 4.11. The average molecular weight is 300 g/mol. The quantitative estimate of drug-likeness (QED) is 0.823. The van der Waals surface area contributed by atoms with Gasteiger partial charge in [-0.1, -0.05) is 44.2 Å². The van der Waals surface area contributed by atoms with Crippen molar-refractivity contribution in [2.45, 2.75) is 64.0 Å². The molecule has 1 aromatic rings. The highest BCUT2D eigenvalue weighted by atomic mass is 15.2. The summed E-state index contributed by atoms with van der Waals surface area (Å²) in [4.78, 5) is 2.71. The van der Waals surface area contributed by atoms with E-state index in [4.69, 9.17) is 0 Å². The summed E-state index contributed by atoms with van der Waals surface area (Å²) in [5, 5.41) is 3.80. The number of benzene rings is 1. The molecular weight excluding hydrogens is 268 g/mol. The number of hydrogen-bond donors (Lipinski definition) is 1. The van der Waals surface area contributed by atoms with Gasteiger partial charge in [-0.15, -0.1) is 0 Å². The van der Waals surface area contributed by atoms with E-state index in [1.807, 2.05) is 0 Å². The van der Waals surface area contributed by atoms with E-state index in [1.165, 1.54) is 50.9 Å². The van der Waals surface area contributed by atoms with Crippen LogP contribution in [-0.4, -0.2) is 36.6 Å². The third-order valence-corrected chi connectivity index (χ3v) is 5.51. The standard InChI is InChI=1S/C20H32N2/c1-16(13-20(2,3)18-7-5-4-6-8-18)21-14-17-11-12-22(15-17)19-9-10-19/h4-8,16-17,19,21H,9-15H2,1-3H3. The summed E-state index contributed by atoms with van der Waals surface area (Å²) in [6, 6.07) is 12.5. The van der Waals surface area contributed by atoms with Crippen molar-refractivity contribution < 1.29 is 0 Å². The van der Waals surface area contributed by atoms with Crippen LogP contribution in [0.4, 0.5) is 0 Å². The van der Waals surface area contributed by atoms with Crippen LogP contribution in [-0.2, 0) is 5.41 Å². The lowest BCUT2D eigenvalue weighted by molar-refractivity contribution is 0.305. The third-order valence-electron chi connectivity index (χ3n) is 5.51. The predicted molar refractivity (Wildman–Crippen MR) is 94.3 cm³/mol. The van der Waals surface area contributed by atoms with Gasteiger partial charge in [-0.3, -0.25) is 0 Å². The molecule has 22 heavy (non-hydrogen) atoms. The van der Waals surface area contributed by atoms with Gasteiger partial charge in [0.25, 0.3) is 0 Å². The number of nitrogens with zero attached hydrogens (tertiary/aromatic N) is 1. The maximum Gasteiger partial charge on any atom is 0.00965 e. The van der Waals surface area contributed by atoms with E-state index in [0.717, 1.165) is 12.0 Å². The molecule has 2 unspecified atom stereocenters. The normalized spacial score (nSPS) is 24.6. The molecule has 0 bridgehead atoms. The van der Waals surface area contributed by atoms with E-state index in [0.29, 0.717) is 6.04 Å². The second kappa shape index (κ2) is 6.72. The van der Waals surface area contributed by atoms with Gasteiger partial charge in [0, 0.05) is 18.6 Å². The van der Waals surface area contributed by atoms with Crippen LogP contribution in [0.5, 0.6) is 0 Å². The van der Waals surface area contributed by atoms with Crippen molar-refractivity contribution in [1.29, 1.82) is 0 Å². The molecular formula is C20H32N2. The molecule has 0 radical (unpaired) electrons. The van der Waals surface area contributed by atoms with Crippen LogP contribution < -0.4 is 5.32 Å². The van der Waals surface area contributed by atoms with E-state index in [-0.39, 0.29) is 5.41 Å². The van der Waals surface area contributed by atoms with Crippen LogP contribution in [0, 0.1) is 5.92 Å². The van der Waals surface area contributed by atoms with Gasteiger partial charge >= 0.3 is 0 Å². The molecule has 2 fully saturated rings. The SMILES string of the molecule is CC(CC(C)(C)c1ccccc1)NCC1CCN(C2CC2)C1. The molecule has 1 aliphatic carbocycles. The fourth-order valence-electron chi connectivity index (χ4n) is 4.01. The predicted octanol–water partition coefficient (Wildman–Crippen LogP) is 3.82. The van der Waals surface area contributed by atoms with Gasteiger partial charge in [0.2, 0.25) is 0 Å². The zero-order valence-electron chi connectivity index (χ0n) is 14.5. The highest BCUT2D eigenvalue weighted by Crippen LogP contribution is 2.32. The summed E-state index contributed by atoms with van der Waals surface area (Å²) in [6.07, 6.45) is 5.47. The topological polar surface area (TPSA) is 15.3 Å². The maximum absolute atomic E-state index is 3.80. The second-order valence-corrected chi connectivity index (χ2v) is 8.14. The van der Waals surface area contributed by atoms with Crippen LogP contribution in [0.25, 0.3) is 0 Å². The van der Waals surface area contributed by atoms with E-state index in [2.05, 4.69) is 61.3 Å². The lowest BCUT2D eigenvalue weighted by atomic mass is 9.79. The molecule has 1 aliphatic heterocycles. The van der Waals surface area contributed by atoms with E-state index < -0.39 is 0 Å². The molecule has 2 heteroatoms. The average Bonchev–Trinajstić information content (AvgIpc) is 3.25. The highest BCUT2D eigenvalue weighted by Gasteiger charge is 2.34. The Bertz CT molecular complexity index is 464. The molecule has 2 atom stereocenters. The van der Waals surface area contributed by atoms with Gasteiger partial charge in [0.05, 0.1) is 0 Å². The van der Waals surface area contributed by atoms with Crippen molar-refractivity contribution >= 4 is 0 Å². The van der Waals surface area contributed by atoms with Crippen LogP contribution in [0.15, 0.2) is 30.3 Å². The Hall–Kier alpha value is -0.860. The lowest BCUT2D eigenvalue weighted by Gasteiger charge is -2.30. The largest absolute Gasteiger partial charge is 0.314 e. The summed E-state index contributed by atoms with van der Waals surface area (Å²) in [6.45, 7) is 10.9. The van der Waals surface area contributed by atoms with Crippen molar-refractivity contribution in [3.05, 3.63) is 35.9 Å². The molecule has 122 valence electrons. The molecule has 2 aliphatic rings. The Balaban J connectivity index is 1.43. The van der Waals surface area contributed by atoms with Crippen molar-refractivity contribution in [2.24, 2.45) is 5.92 Å². The molecule has 1 saturated heterocycles. The summed E-state index contributed by atoms with van der Waals surface area (Å²) < 4.78 is 0. The highest BCUT2D eigenvalue weighted by molar-refractivity contribution is 5.23. The fraction of sp³-hybridized carbons (Fsp3) is 0.700. The van der Waals surface area contributed by atoms with Gasteiger partial charge in [-0.2, -0.15) is 0 Å². The minimum atomic E-state index is 0.239. The molecule has 1 saturated carbocycles. The van der Waals surface area contributed by atoms with E-state index >= 15 is 0 Å². The zero-order chi connectivity index (χ0) is 15.6. The van der Waals surface area contributed by atoms with Crippen LogP contribution in [0.3, 0.4) is 0 Å². The van der Waals surface area contributed by atoms with E-state index in [9.17, 15) is 0 Å². The molecule has 0 amide bonds. The number of likely N-dealkylation sites (tertiary alicyclic amines) is 1. The lowest BCUT2D eigenvalue weighted by Crippen LogP contribution is -2.37. The fourth-order valence-corrected chi connectivity index (χ4v) is 4.01. The first-order valence-corrected chi connectivity index (χ1v) is 9.07. The minimum Gasteiger partial charge on any atom is -0.314 e. The van der Waals surface area contributed by atoms with Gasteiger partial charge < -0.3 is 10.2 Å². The number of hydrogen-bond acceptors (Lipinski definition) is 2. The second-order valence-electron chi connectivity index (χ2n) is 8.14. The first-order valence-electron chi connectivity index (χ1n) is 9.07. The Kier molecular flexibility index (Phi) is 4.89. The van der Waals surface area contributed by atoms with Gasteiger partial charge in [0.1, 0.15) is 0 Å². The van der Waals surface area contributed by atoms with Gasteiger partial charge in [0.15, 0.2) is 0 Å². The van der Waals surface area contributed by atoms with Gasteiger partial charge in [-0.05, 0) is 62.6 Å². The molecule has 0 spiro atoms. The van der Waals surface area contributed by atoms with Gasteiger partial charge in [-0.25, -0.2) is 0 Å². The van der Waals surface area contributed by atoms with Crippen LogP contribution in [0.1, 0.15) is 52.0 Å². The van der Waals surface area contributed by atoms with Crippen molar-refractivity contribution in [3.63, 3.8) is 0 Å². The van der Waals surface area contributed by atoms with Crippen LogP contribution >= 0.6 is 0 Å². The van der Waals surface area contributed by atoms with Crippen LogP contribution in [0.2, 0.25) is 0 Å².